The Balaban J connectivity index is 1.60. The van der Waals surface area contributed by atoms with Crippen molar-refractivity contribution in [2.45, 2.75) is 45.7 Å². The van der Waals surface area contributed by atoms with Crippen molar-refractivity contribution in [3.63, 3.8) is 0 Å². The SMILES string of the molecule is CC(NC(=O)Nc1cnn(C(C)C)c1)c1cccc(N2CCCC2)c1. The van der Waals surface area contributed by atoms with Gasteiger partial charge in [-0.2, -0.15) is 5.10 Å². The van der Waals surface area contributed by atoms with Crippen LogP contribution in [0.5, 0.6) is 0 Å². The van der Waals surface area contributed by atoms with E-state index in [1.165, 1.54) is 18.5 Å². The van der Waals surface area contributed by atoms with E-state index >= 15 is 0 Å². The van der Waals surface area contributed by atoms with Crippen LogP contribution >= 0.6 is 0 Å². The van der Waals surface area contributed by atoms with Crippen molar-refractivity contribution in [1.82, 2.24) is 15.1 Å². The van der Waals surface area contributed by atoms with Crippen LogP contribution in [0.25, 0.3) is 0 Å². The van der Waals surface area contributed by atoms with Gasteiger partial charge in [-0.1, -0.05) is 12.1 Å². The Kier molecular flexibility index (Phi) is 5.26. The lowest BCUT2D eigenvalue weighted by atomic mass is 10.1. The van der Waals surface area contributed by atoms with Gasteiger partial charge in [0.05, 0.1) is 17.9 Å². The van der Waals surface area contributed by atoms with Crippen LogP contribution in [0.2, 0.25) is 0 Å². The van der Waals surface area contributed by atoms with Crippen LogP contribution < -0.4 is 15.5 Å². The fourth-order valence-corrected chi connectivity index (χ4v) is 3.10. The van der Waals surface area contributed by atoms with Crippen molar-refractivity contribution in [2.24, 2.45) is 0 Å². The Morgan fingerprint density at radius 2 is 1.96 bits per heavy atom. The molecule has 1 unspecified atom stereocenters. The van der Waals surface area contributed by atoms with Crippen LogP contribution in [-0.4, -0.2) is 28.9 Å². The van der Waals surface area contributed by atoms with E-state index in [-0.39, 0.29) is 18.1 Å². The summed E-state index contributed by atoms with van der Waals surface area (Å²) in [6, 6.07) is 8.41. The number of hydrogen-bond donors (Lipinski definition) is 2. The minimum atomic E-state index is -0.220. The molecule has 6 nitrogen and oxygen atoms in total. The third kappa shape index (κ3) is 4.32. The maximum Gasteiger partial charge on any atom is 0.319 e. The molecule has 1 saturated heterocycles. The second-order valence-electron chi connectivity index (χ2n) is 6.91. The second kappa shape index (κ2) is 7.59. The minimum Gasteiger partial charge on any atom is -0.372 e. The lowest BCUT2D eigenvalue weighted by Gasteiger charge is -2.20. The van der Waals surface area contributed by atoms with Gasteiger partial charge in [0.25, 0.3) is 0 Å². The molecule has 1 aliphatic heterocycles. The topological polar surface area (TPSA) is 62.2 Å². The van der Waals surface area contributed by atoms with E-state index in [4.69, 9.17) is 0 Å². The molecule has 0 spiro atoms. The number of anilines is 2. The van der Waals surface area contributed by atoms with Gasteiger partial charge in [-0.25, -0.2) is 4.79 Å². The van der Waals surface area contributed by atoms with Gasteiger partial charge in [0.15, 0.2) is 0 Å². The van der Waals surface area contributed by atoms with Crippen LogP contribution in [-0.2, 0) is 0 Å². The van der Waals surface area contributed by atoms with Gasteiger partial charge in [-0.15, -0.1) is 0 Å². The molecular formula is C19H27N5O. The number of urea groups is 1. The molecule has 0 bridgehead atoms. The first kappa shape index (κ1) is 17.3. The molecule has 1 aromatic heterocycles. The molecule has 2 amide bonds. The molecule has 1 aromatic carbocycles. The third-order valence-electron chi connectivity index (χ3n) is 4.58. The van der Waals surface area contributed by atoms with Gasteiger partial charge in [0, 0.05) is 31.0 Å². The first-order valence-electron chi connectivity index (χ1n) is 8.99. The number of benzene rings is 1. The zero-order valence-corrected chi connectivity index (χ0v) is 15.2. The lowest BCUT2D eigenvalue weighted by molar-refractivity contribution is 0.249. The molecule has 0 aliphatic carbocycles. The van der Waals surface area contributed by atoms with E-state index < -0.39 is 0 Å². The quantitative estimate of drug-likeness (QED) is 0.866. The van der Waals surface area contributed by atoms with E-state index in [2.05, 4.69) is 44.9 Å². The molecule has 25 heavy (non-hydrogen) atoms. The van der Waals surface area contributed by atoms with Crippen molar-refractivity contribution in [1.29, 1.82) is 0 Å². The summed E-state index contributed by atoms with van der Waals surface area (Å²) in [7, 11) is 0. The van der Waals surface area contributed by atoms with Crippen LogP contribution in [0, 0.1) is 0 Å². The first-order valence-corrected chi connectivity index (χ1v) is 8.99. The molecule has 0 radical (unpaired) electrons. The van der Waals surface area contributed by atoms with Crippen molar-refractivity contribution in [3.8, 4) is 0 Å². The maximum atomic E-state index is 12.2. The van der Waals surface area contributed by atoms with Crippen molar-refractivity contribution < 1.29 is 4.79 Å². The summed E-state index contributed by atoms with van der Waals surface area (Å²) < 4.78 is 1.82. The molecule has 1 aliphatic rings. The summed E-state index contributed by atoms with van der Waals surface area (Å²) in [6.45, 7) is 8.33. The van der Waals surface area contributed by atoms with E-state index in [1.54, 1.807) is 6.20 Å². The number of amides is 2. The van der Waals surface area contributed by atoms with Gasteiger partial charge in [0.2, 0.25) is 0 Å². The Morgan fingerprint density at radius 1 is 1.20 bits per heavy atom. The van der Waals surface area contributed by atoms with Crippen LogP contribution in [0.15, 0.2) is 36.7 Å². The minimum absolute atomic E-state index is 0.0669. The van der Waals surface area contributed by atoms with Gasteiger partial charge in [0.1, 0.15) is 0 Å². The smallest absolute Gasteiger partial charge is 0.319 e. The molecule has 2 N–H and O–H groups in total. The largest absolute Gasteiger partial charge is 0.372 e. The summed E-state index contributed by atoms with van der Waals surface area (Å²) in [6.07, 6.45) is 6.01. The number of hydrogen-bond acceptors (Lipinski definition) is 3. The molecule has 1 fully saturated rings. The average molecular weight is 341 g/mol. The summed E-state index contributed by atoms with van der Waals surface area (Å²) in [4.78, 5) is 14.6. The zero-order chi connectivity index (χ0) is 17.8. The standard InChI is InChI=1S/C19H27N5O/c1-14(2)24-13-17(12-20-24)22-19(25)21-15(3)16-7-6-8-18(11-16)23-9-4-5-10-23/h6-8,11-15H,4-5,9-10H2,1-3H3,(H2,21,22,25). The zero-order valence-electron chi connectivity index (χ0n) is 15.2. The van der Waals surface area contributed by atoms with Gasteiger partial charge < -0.3 is 15.5 Å². The average Bonchev–Trinajstić information content (AvgIpc) is 3.26. The fraction of sp³-hybridized carbons (Fsp3) is 0.474. The van der Waals surface area contributed by atoms with Crippen molar-refractivity contribution >= 4 is 17.4 Å². The van der Waals surface area contributed by atoms with E-state index in [9.17, 15) is 4.79 Å². The summed E-state index contributed by atoms with van der Waals surface area (Å²) in [5, 5.41) is 10.1. The van der Waals surface area contributed by atoms with Crippen LogP contribution in [0.3, 0.4) is 0 Å². The van der Waals surface area contributed by atoms with E-state index in [1.807, 2.05) is 31.6 Å². The number of aromatic nitrogens is 2. The number of nitrogens with one attached hydrogen (secondary N) is 2. The Morgan fingerprint density at radius 3 is 2.64 bits per heavy atom. The normalized spacial score (nSPS) is 15.4. The molecule has 2 heterocycles. The lowest BCUT2D eigenvalue weighted by Crippen LogP contribution is -2.31. The highest BCUT2D eigenvalue weighted by molar-refractivity contribution is 5.89. The van der Waals surface area contributed by atoms with Gasteiger partial charge >= 0.3 is 6.03 Å². The van der Waals surface area contributed by atoms with E-state index in [0.29, 0.717) is 5.69 Å². The Labute approximate surface area is 149 Å². The van der Waals surface area contributed by atoms with Crippen LogP contribution in [0.1, 0.15) is 51.3 Å². The summed E-state index contributed by atoms with van der Waals surface area (Å²) >= 11 is 0. The number of nitrogens with zero attached hydrogens (tertiary/aromatic N) is 3. The molecule has 2 aromatic rings. The predicted octanol–water partition coefficient (Wildman–Crippen LogP) is 3.95. The predicted molar refractivity (Wildman–Crippen MR) is 101 cm³/mol. The third-order valence-corrected chi connectivity index (χ3v) is 4.58. The first-order chi connectivity index (χ1) is 12.0. The summed E-state index contributed by atoms with van der Waals surface area (Å²) in [5.74, 6) is 0. The van der Waals surface area contributed by atoms with Crippen molar-refractivity contribution in [2.75, 3.05) is 23.3 Å². The van der Waals surface area contributed by atoms with Gasteiger partial charge in [-0.05, 0) is 51.3 Å². The highest BCUT2D eigenvalue weighted by atomic mass is 16.2. The molecule has 0 saturated carbocycles. The number of carbonyl (C=O) groups is 1. The highest BCUT2D eigenvalue weighted by Gasteiger charge is 2.15. The molecule has 1 atom stereocenters. The van der Waals surface area contributed by atoms with Crippen molar-refractivity contribution in [3.05, 3.63) is 42.2 Å². The number of rotatable bonds is 5. The highest BCUT2D eigenvalue weighted by Crippen LogP contribution is 2.24. The molecular weight excluding hydrogens is 314 g/mol. The molecule has 134 valence electrons. The van der Waals surface area contributed by atoms with E-state index in [0.717, 1.165) is 18.7 Å². The maximum absolute atomic E-state index is 12.2. The van der Waals surface area contributed by atoms with Gasteiger partial charge in [-0.3, -0.25) is 4.68 Å². The Hall–Kier alpha value is -2.50. The summed E-state index contributed by atoms with van der Waals surface area (Å²) in [5.41, 5.74) is 3.05. The van der Waals surface area contributed by atoms with Crippen LogP contribution in [0.4, 0.5) is 16.2 Å². The fourth-order valence-electron chi connectivity index (χ4n) is 3.10. The second-order valence-corrected chi connectivity index (χ2v) is 6.91. The molecule has 6 heteroatoms. The number of carbonyl (C=O) groups excluding carboxylic acids is 1. The monoisotopic (exact) mass is 341 g/mol. The molecule has 3 rings (SSSR count). The Bertz CT molecular complexity index is 718.